The topological polar surface area (TPSA) is 105 Å². The zero-order valence-electron chi connectivity index (χ0n) is 14.1. The maximum absolute atomic E-state index is 12.3. The summed E-state index contributed by atoms with van der Waals surface area (Å²) in [6.45, 7) is 4.24. The highest BCUT2D eigenvalue weighted by atomic mass is 16.5. The minimum atomic E-state index is -0.997. The molecule has 0 aliphatic heterocycles. The fraction of sp³-hybridized carbons (Fsp3) is 0.222. The number of aromatic amines is 1. The zero-order chi connectivity index (χ0) is 18.6. The van der Waals surface area contributed by atoms with E-state index in [0.717, 1.165) is 0 Å². The largest absolute Gasteiger partial charge is 0.450 e. The van der Waals surface area contributed by atoms with E-state index in [1.807, 2.05) is 0 Å². The Labute approximate surface area is 144 Å². The molecule has 130 valence electrons. The van der Waals surface area contributed by atoms with E-state index in [4.69, 9.17) is 4.74 Å². The van der Waals surface area contributed by atoms with Crippen molar-refractivity contribution >= 4 is 29.1 Å². The first-order chi connectivity index (χ1) is 11.8. The Morgan fingerprint density at radius 2 is 1.68 bits per heavy atom. The molecule has 0 aliphatic rings. The highest BCUT2D eigenvalue weighted by Gasteiger charge is 2.21. The van der Waals surface area contributed by atoms with Crippen molar-refractivity contribution in [1.29, 1.82) is 0 Å². The summed E-state index contributed by atoms with van der Waals surface area (Å²) in [6, 6.07) is 7.64. The van der Waals surface area contributed by atoms with E-state index in [-0.39, 0.29) is 23.2 Å². The number of Topliss-reactive ketones (excluding diaryl/α,β-unsaturated/α-hetero) is 2. The third-order valence-corrected chi connectivity index (χ3v) is 3.45. The lowest BCUT2D eigenvalue weighted by atomic mass is 10.1. The highest BCUT2D eigenvalue weighted by molar-refractivity contribution is 6.02. The number of hydrogen-bond acceptors (Lipinski definition) is 5. The van der Waals surface area contributed by atoms with Crippen LogP contribution in [-0.2, 0) is 9.53 Å². The summed E-state index contributed by atoms with van der Waals surface area (Å²) in [7, 11) is 0. The molecule has 0 radical (unpaired) electrons. The number of esters is 1. The Kier molecular flexibility index (Phi) is 5.49. The third kappa shape index (κ3) is 4.63. The van der Waals surface area contributed by atoms with Gasteiger partial charge in [-0.05, 0) is 44.2 Å². The second kappa shape index (κ2) is 7.57. The second-order valence-corrected chi connectivity index (χ2v) is 5.53. The highest BCUT2D eigenvalue weighted by Crippen LogP contribution is 2.14. The second-order valence-electron chi connectivity index (χ2n) is 5.53. The van der Waals surface area contributed by atoms with Gasteiger partial charge in [-0.15, -0.1) is 0 Å². The van der Waals surface area contributed by atoms with Crippen LogP contribution in [0.25, 0.3) is 0 Å². The van der Waals surface area contributed by atoms with Crippen LogP contribution in [-0.4, -0.2) is 34.5 Å². The summed E-state index contributed by atoms with van der Waals surface area (Å²) in [4.78, 5) is 49.2. The lowest BCUT2D eigenvalue weighted by molar-refractivity contribution is -0.114. The maximum atomic E-state index is 12.3. The number of carbonyl (C=O) groups excluding carboxylic acids is 4. The minimum absolute atomic E-state index is 0.103. The van der Waals surface area contributed by atoms with E-state index in [1.54, 1.807) is 24.3 Å². The van der Waals surface area contributed by atoms with Gasteiger partial charge >= 0.3 is 5.97 Å². The molecule has 2 N–H and O–H groups in total. The molecule has 0 fully saturated rings. The summed E-state index contributed by atoms with van der Waals surface area (Å²) in [6.07, 6.45) is 0.412. The van der Waals surface area contributed by atoms with Gasteiger partial charge < -0.3 is 15.0 Å². The number of nitrogens with one attached hydrogen (secondary N) is 2. The average molecular weight is 342 g/mol. The third-order valence-electron chi connectivity index (χ3n) is 3.45. The quantitative estimate of drug-likeness (QED) is 0.620. The van der Waals surface area contributed by atoms with Crippen molar-refractivity contribution in [3.05, 3.63) is 53.3 Å². The van der Waals surface area contributed by atoms with Crippen LogP contribution in [0, 0.1) is 0 Å². The van der Waals surface area contributed by atoms with Gasteiger partial charge in [-0.1, -0.05) is 0 Å². The first-order valence-electron chi connectivity index (χ1n) is 7.60. The summed E-state index contributed by atoms with van der Waals surface area (Å²) < 4.78 is 5.14. The molecule has 0 spiro atoms. The van der Waals surface area contributed by atoms with Crippen molar-refractivity contribution in [3.63, 3.8) is 0 Å². The van der Waals surface area contributed by atoms with Crippen molar-refractivity contribution in [2.75, 3.05) is 5.32 Å². The maximum Gasteiger partial charge on any atom is 0.355 e. The van der Waals surface area contributed by atoms with Crippen molar-refractivity contribution in [2.45, 2.75) is 26.9 Å². The van der Waals surface area contributed by atoms with Crippen LogP contribution in [0.5, 0.6) is 0 Å². The molecule has 7 heteroatoms. The van der Waals surface area contributed by atoms with Crippen LogP contribution in [0.15, 0.2) is 36.5 Å². The Bertz CT molecular complexity index is 820. The molecule has 1 aromatic heterocycles. The molecule has 25 heavy (non-hydrogen) atoms. The van der Waals surface area contributed by atoms with Crippen LogP contribution in [0.3, 0.4) is 0 Å². The molecule has 1 heterocycles. The Balaban J connectivity index is 2.02. The predicted octanol–water partition coefficient (Wildman–Crippen LogP) is 2.60. The zero-order valence-corrected chi connectivity index (χ0v) is 14.1. The Morgan fingerprint density at radius 1 is 1.04 bits per heavy atom. The lowest BCUT2D eigenvalue weighted by Gasteiger charge is -2.12. The average Bonchev–Trinajstić information content (AvgIpc) is 3.04. The van der Waals surface area contributed by atoms with Crippen LogP contribution in [0.4, 0.5) is 5.69 Å². The molecular formula is C18H18N2O5. The molecule has 0 bridgehead atoms. The number of H-pyrrole nitrogens is 1. The predicted molar refractivity (Wildman–Crippen MR) is 90.8 cm³/mol. The van der Waals surface area contributed by atoms with Gasteiger partial charge in [0, 0.05) is 29.9 Å². The number of anilines is 1. The van der Waals surface area contributed by atoms with E-state index in [1.165, 1.54) is 33.0 Å². The lowest BCUT2D eigenvalue weighted by Crippen LogP contribution is -2.24. The molecule has 1 aromatic carbocycles. The standard InChI is InChI=1S/C18H18N2O5/c1-10(21)14-8-16(19-9-14)18(24)25-11(2)17(23)13-4-6-15(7-5-13)20-12(3)22/h4-9,11,19H,1-3H3,(H,20,22)/t11-/m1/s1. The molecule has 0 saturated carbocycles. The number of carbonyl (C=O) groups is 4. The summed E-state index contributed by atoms with van der Waals surface area (Å²) in [5.41, 5.74) is 1.38. The van der Waals surface area contributed by atoms with E-state index in [9.17, 15) is 19.2 Å². The molecule has 1 atom stereocenters. The summed E-state index contributed by atoms with van der Waals surface area (Å²) in [5, 5.41) is 2.60. The van der Waals surface area contributed by atoms with Crippen LogP contribution in [0.1, 0.15) is 52.0 Å². The van der Waals surface area contributed by atoms with Gasteiger partial charge in [0.25, 0.3) is 0 Å². The summed E-state index contributed by atoms with van der Waals surface area (Å²) >= 11 is 0. The molecular weight excluding hydrogens is 324 g/mol. The van der Waals surface area contributed by atoms with E-state index in [2.05, 4.69) is 10.3 Å². The van der Waals surface area contributed by atoms with Gasteiger partial charge in [0.15, 0.2) is 11.9 Å². The number of rotatable bonds is 6. The van der Waals surface area contributed by atoms with Gasteiger partial charge in [-0.25, -0.2) is 4.79 Å². The van der Waals surface area contributed by atoms with E-state index >= 15 is 0 Å². The van der Waals surface area contributed by atoms with Crippen LogP contribution >= 0.6 is 0 Å². The summed E-state index contributed by atoms with van der Waals surface area (Å²) in [5.74, 6) is -1.49. The fourth-order valence-electron chi connectivity index (χ4n) is 2.15. The molecule has 2 rings (SSSR count). The Hall–Kier alpha value is -3.22. The van der Waals surface area contributed by atoms with Crippen molar-refractivity contribution in [2.24, 2.45) is 0 Å². The van der Waals surface area contributed by atoms with Gasteiger partial charge in [0.05, 0.1) is 0 Å². The Morgan fingerprint density at radius 3 is 2.20 bits per heavy atom. The van der Waals surface area contributed by atoms with Gasteiger partial charge in [-0.3, -0.25) is 14.4 Å². The van der Waals surface area contributed by atoms with Crippen molar-refractivity contribution in [1.82, 2.24) is 4.98 Å². The normalized spacial score (nSPS) is 11.5. The number of ether oxygens (including phenoxy) is 1. The smallest absolute Gasteiger partial charge is 0.355 e. The number of hydrogen-bond donors (Lipinski definition) is 2. The number of benzene rings is 1. The molecule has 0 saturated heterocycles. The minimum Gasteiger partial charge on any atom is -0.450 e. The molecule has 0 aliphatic carbocycles. The molecule has 2 aromatic rings. The van der Waals surface area contributed by atoms with Crippen molar-refractivity contribution in [3.8, 4) is 0 Å². The molecule has 0 unspecified atom stereocenters. The van der Waals surface area contributed by atoms with E-state index in [0.29, 0.717) is 16.8 Å². The van der Waals surface area contributed by atoms with Gasteiger partial charge in [0.2, 0.25) is 11.7 Å². The van der Waals surface area contributed by atoms with E-state index < -0.39 is 12.1 Å². The molecule has 7 nitrogen and oxygen atoms in total. The first-order valence-corrected chi connectivity index (χ1v) is 7.60. The SMILES string of the molecule is CC(=O)Nc1ccc(C(=O)[C@@H](C)OC(=O)c2cc(C(C)=O)c[nH]2)cc1. The number of amides is 1. The number of ketones is 2. The van der Waals surface area contributed by atoms with Crippen LogP contribution in [0.2, 0.25) is 0 Å². The van der Waals surface area contributed by atoms with Gasteiger partial charge in [-0.2, -0.15) is 0 Å². The first kappa shape index (κ1) is 18.1. The van der Waals surface area contributed by atoms with Gasteiger partial charge in [0.1, 0.15) is 5.69 Å². The van der Waals surface area contributed by atoms with Crippen LogP contribution < -0.4 is 5.32 Å². The van der Waals surface area contributed by atoms with Crippen molar-refractivity contribution < 1.29 is 23.9 Å². The monoisotopic (exact) mass is 342 g/mol. The molecule has 1 amide bonds. The fourth-order valence-corrected chi connectivity index (χ4v) is 2.15. The number of aromatic nitrogens is 1.